The number of hydrogen-bond donors (Lipinski definition) is 2. The number of hydrogen-bond acceptors (Lipinski definition) is 5. The Hall–Kier alpha value is -1.40. The molecule has 2 fully saturated rings. The van der Waals surface area contributed by atoms with Crippen LogP contribution in [0.15, 0.2) is 10.6 Å². The van der Waals surface area contributed by atoms with Gasteiger partial charge in [-0.15, -0.1) is 12.4 Å². The van der Waals surface area contributed by atoms with Crippen LogP contribution in [0.3, 0.4) is 0 Å². The van der Waals surface area contributed by atoms with Crippen molar-refractivity contribution in [2.45, 2.75) is 43.9 Å². The summed E-state index contributed by atoms with van der Waals surface area (Å²) in [6.07, 6.45) is 6.06. The summed E-state index contributed by atoms with van der Waals surface area (Å²) < 4.78 is 5.38. The number of halogens is 1. The topological polar surface area (TPSA) is 79.6 Å². The molecule has 3 heterocycles. The van der Waals surface area contributed by atoms with Gasteiger partial charge in [-0.25, -0.2) is 0 Å². The third-order valence-corrected chi connectivity index (χ3v) is 4.48. The molecule has 0 amide bonds. The number of aromatic amines is 1. The van der Waals surface area contributed by atoms with Crippen LogP contribution in [-0.2, 0) is 0 Å². The van der Waals surface area contributed by atoms with Crippen LogP contribution in [0.1, 0.15) is 55.5 Å². The monoisotopic (exact) mass is 309 g/mol. The Morgan fingerprint density at radius 3 is 2.76 bits per heavy atom. The van der Waals surface area contributed by atoms with E-state index >= 15 is 0 Å². The minimum atomic E-state index is 0. The fraction of sp³-hybridized carbons (Fsp3) is 0.643. The van der Waals surface area contributed by atoms with E-state index in [9.17, 15) is 0 Å². The molecule has 0 bridgehead atoms. The zero-order chi connectivity index (χ0) is 13.4. The molecule has 2 N–H and O–H groups in total. The zero-order valence-corrected chi connectivity index (χ0v) is 12.7. The Bertz CT molecular complexity index is 531. The first kappa shape index (κ1) is 14.5. The molecule has 2 aromatic rings. The van der Waals surface area contributed by atoms with E-state index in [-0.39, 0.29) is 12.4 Å². The summed E-state index contributed by atoms with van der Waals surface area (Å²) in [4.78, 5) is 4.53. The van der Waals surface area contributed by atoms with Crippen LogP contribution in [0.5, 0.6) is 0 Å². The summed E-state index contributed by atoms with van der Waals surface area (Å²) in [5, 5.41) is 14.9. The number of nitrogens with one attached hydrogen (secondary N) is 2. The van der Waals surface area contributed by atoms with Crippen LogP contribution in [0, 0.1) is 0 Å². The van der Waals surface area contributed by atoms with Gasteiger partial charge < -0.3 is 9.84 Å². The van der Waals surface area contributed by atoms with Gasteiger partial charge in [-0.05, 0) is 31.9 Å². The first-order valence-electron chi connectivity index (χ1n) is 7.50. The van der Waals surface area contributed by atoms with Crippen molar-refractivity contribution in [3.63, 3.8) is 0 Å². The molecule has 21 heavy (non-hydrogen) atoms. The lowest BCUT2D eigenvalue weighted by molar-refractivity contribution is 0.414. The number of aromatic nitrogens is 4. The average Bonchev–Trinajstić information content (AvgIpc) is 3.22. The third-order valence-electron chi connectivity index (χ3n) is 4.48. The van der Waals surface area contributed by atoms with E-state index in [0.717, 1.165) is 36.7 Å². The molecule has 1 aliphatic carbocycles. The van der Waals surface area contributed by atoms with Gasteiger partial charge in [-0.1, -0.05) is 18.0 Å². The summed E-state index contributed by atoms with van der Waals surface area (Å²) in [6, 6.07) is 2.05. The lowest BCUT2D eigenvalue weighted by Gasteiger charge is -2.02. The van der Waals surface area contributed by atoms with E-state index in [4.69, 9.17) is 4.52 Å². The zero-order valence-electron chi connectivity index (χ0n) is 11.8. The van der Waals surface area contributed by atoms with Gasteiger partial charge >= 0.3 is 0 Å². The second-order valence-electron chi connectivity index (χ2n) is 5.84. The summed E-state index contributed by atoms with van der Waals surface area (Å²) in [7, 11) is 0. The molecule has 1 unspecified atom stereocenters. The molecule has 2 aromatic heterocycles. The van der Waals surface area contributed by atoms with Gasteiger partial charge in [0, 0.05) is 24.1 Å². The molecule has 7 heteroatoms. The molecular formula is C14H20ClN5O. The van der Waals surface area contributed by atoms with Crippen molar-refractivity contribution < 1.29 is 4.52 Å². The highest BCUT2D eigenvalue weighted by atomic mass is 35.5. The summed E-state index contributed by atoms with van der Waals surface area (Å²) in [5.74, 6) is 2.39. The summed E-state index contributed by atoms with van der Waals surface area (Å²) in [6.45, 7) is 2.09. The molecular weight excluding hydrogens is 290 g/mol. The lowest BCUT2D eigenvalue weighted by Crippen LogP contribution is -2.08. The second kappa shape index (κ2) is 6.15. The molecule has 0 spiro atoms. The van der Waals surface area contributed by atoms with E-state index in [0.29, 0.717) is 17.7 Å². The molecule has 1 aliphatic heterocycles. The maximum atomic E-state index is 5.38. The minimum Gasteiger partial charge on any atom is -0.332 e. The van der Waals surface area contributed by atoms with Gasteiger partial charge in [-0.3, -0.25) is 5.10 Å². The maximum Gasteiger partial charge on any atom is 0.278 e. The van der Waals surface area contributed by atoms with Crippen LogP contribution in [0.4, 0.5) is 0 Å². The Morgan fingerprint density at radius 2 is 2.00 bits per heavy atom. The van der Waals surface area contributed by atoms with Crippen molar-refractivity contribution >= 4 is 12.4 Å². The van der Waals surface area contributed by atoms with Gasteiger partial charge in [0.1, 0.15) is 0 Å². The molecule has 6 nitrogen and oxygen atoms in total. The number of nitrogens with zero attached hydrogens (tertiary/aromatic N) is 3. The van der Waals surface area contributed by atoms with Gasteiger partial charge in [0.25, 0.3) is 5.89 Å². The van der Waals surface area contributed by atoms with E-state index in [2.05, 4.69) is 25.7 Å². The quantitative estimate of drug-likeness (QED) is 0.911. The Labute approximate surface area is 129 Å². The predicted octanol–water partition coefficient (Wildman–Crippen LogP) is 2.62. The van der Waals surface area contributed by atoms with E-state index in [1.807, 2.05) is 6.07 Å². The highest BCUT2D eigenvalue weighted by Crippen LogP contribution is 2.33. The molecule has 1 atom stereocenters. The second-order valence-corrected chi connectivity index (χ2v) is 5.84. The predicted molar refractivity (Wildman–Crippen MR) is 80.6 cm³/mol. The molecule has 2 aliphatic rings. The largest absolute Gasteiger partial charge is 0.332 e. The SMILES string of the molecule is Cl.c1c(-c2nc(C3CCCC3)no2)n[nH]c1C1CCNC1. The Balaban J connectivity index is 0.00000132. The van der Waals surface area contributed by atoms with Gasteiger partial charge in [0.05, 0.1) is 0 Å². The Morgan fingerprint density at radius 1 is 1.14 bits per heavy atom. The Kier molecular flexibility index (Phi) is 4.26. The van der Waals surface area contributed by atoms with E-state index in [1.54, 1.807) is 0 Å². The first-order chi connectivity index (χ1) is 9.90. The lowest BCUT2D eigenvalue weighted by atomic mass is 10.1. The number of H-pyrrole nitrogens is 1. The van der Waals surface area contributed by atoms with Gasteiger partial charge in [0.15, 0.2) is 11.5 Å². The standard InChI is InChI=1S/C14H19N5O.ClH/c1-2-4-9(3-1)13-16-14(20-19-13)12-7-11(17-18-12)10-5-6-15-8-10;/h7,9-10,15H,1-6,8H2,(H,17,18);1H. The highest BCUT2D eigenvalue weighted by molar-refractivity contribution is 5.85. The van der Waals surface area contributed by atoms with Crippen LogP contribution in [0.25, 0.3) is 11.6 Å². The smallest absolute Gasteiger partial charge is 0.278 e. The van der Waals surface area contributed by atoms with Crippen molar-refractivity contribution in [2.24, 2.45) is 0 Å². The maximum absolute atomic E-state index is 5.38. The van der Waals surface area contributed by atoms with Gasteiger partial charge in [-0.2, -0.15) is 10.1 Å². The van der Waals surface area contributed by atoms with E-state index < -0.39 is 0 Å². The van der Waals surface area contributed by atoms with Crippen LogP contribution < -0.4 is 5.32 Å². The van der Waals surface area contributed by atoms with E-state index in [1.165, 1.54) is 25.7 Å². The van der Waals surface area contributed by atoms with Crippen LogP contribution >= 0.6 is 12.4 Å². The first-order valence-corrected chi connectivity index (χ1v) is 7.50. The van der Waals surface area contributed by atoms with Crippen LogP contribution in [-0.4, -0.2) is 33.4 Å². The fourth-order valence-corrected chi connectivity index (χ4v) is 3.26. The summed E-state index contributed by atoms with van der Waals surface area (Å²) >= 11 is 0. The molecule has 1 saturated heterocycles. The van der Waals surface area contributed by atoms with Crippen molar-refractivity contribution in [2.75, 3.05) is 13.1 Å². The summed E-state index contributed by atoms with van der Waals surface area (Å²) in [5.41, 5.74) is 1.93. The highest BCUT2D eigenvalue weighted by Gasteiger charge is 2.24. The van der Waals surface area contributed by atoms with Crippen molar-refractivity contribution in [3.8, 4) is 11.6 Å². The average molecular weight is 310 g/mol. The third kappa shape index (κ3) is 2.82. The van der Waals surface area contributed by atoms with Crippen molar-refractivity contribution in [1.29, 1.82) is 0 Å². The molecule has 1 saturated carbocycles. The fourth-order valence-electron chi connectivity index (χ4n) is 3.26. The molecule has 0 radical (unpaired) electrons. The molecule has 114 valence electrons. The van der Waals surface area contributed by atoms with Crippen molar-refractivity contribution in [1.82, 2.24) is 25.7 Å². The minimum absolute atomic E-state index is 0. The molecule has 0 aromatic carbocycles. The van der Waals surface area contributed by atoms with Crippen molar-refractivity contribution in [3.05, 3.63) is 17.6 Å². The normalized spacial score (nSPS) is 22.6. The number of rotatable bonds is 3. The molecule has 4 rings (SSSR count). The van der Waals surface area contributed by atoms with Crippen LogP contribution in [0.2, 0.25) is 0 Å². The van der Waals surface area contributed by atoms with Gasteiger partial charge in [0.2, 0.25) is 0 Å².